The molecule has 0 unspecified atom stereocenters. The van der Waals surface area contributed by atoms with Crippen LogP contribution in [0.3, 0.4) is 0 Å². The fourth-order valence-electron chi connectivity index (χ4n) is 4.84. The van der Waals surface area contributed by atoms with Crippen LogP contribution in [0, 0.1) is 0 Å². The summed E-state index contributed by atoms with van der Waals surface area (Å²) in [5.74, 6) is 1.20. The van der Waals surface area contributed by atoms with Gasteiger partial charge in [0.1, 0.15) is 12.4 Å². The van der Waals surface area contributed by atoms with Crippen molar-refractivity contribution < 1.29 is 23.7 Å². The molecule has 228 valence electrons. The molecule has 0 N–H and O–H groups in total. The summed E-state index contributed by atoms with van der Waals surface area (Å²) in [5.41, 5.74) is 2.79. The molecule has 0 saturated carbocycles. The number of hydrogen-bond donors (Lipinski definition) is 0. The molecule has 11 heteroatoms. The fourth-order valence-corrected chi connectivity index (χ4v) is 6.35. The van der Waals surface area contributed by atoms with Gasteiger partial charge in [-0.3, -0.25) is 9.36 Å². The van der Waals surface area contributed by atoms with E-state index in [9.17, 15) is 9.59 Å². The SMILES string of the molecule is CCOC(=O)C1=C(C)N=c2s/c(=C\c3ccc(OCc4ccc(Cl)cc4Cl)c(OCC)c3)c(=O)n2[C@H]1c1ccc(OC)cc1. The van der Waals surface area contributed by atoms with Crippen LogP contribution in [-0.2, 0) is 16.1 Å². The maximum absolute atomic E-state index is 14.0. The Bertz CT molecular complexity index is 1910. The molecular formula is C33H30Cl2N2O6S. The number of aromatic nitrogens is 1. The largest absolute Gasteiger partial charge is 0.497 e. The Kier molecular flexibility index (Phi) is 9.78. The zero-order chi connectivity index (χ0) is 31.4. The number of methoxy groups -OCH3 is 1. The maximum Gasteiger partial charge on any atom is 0.338 e. The molecule has 0 saturated heterocycles. The van der Waals surface area contributed by atoms with Crippen LogP contribution in [0.15, 0.2) is 81.7 Å². The van der Waals surface area contributed by atoms with Gasteiger partial charge in [0.15, 0.2) is 16.3 Å². The van der Waals surface area contributed by atoms with Gasteiger partial charge in [-0.25, -0.2) is 9.79 Å². The van der Waals surface area contributed by atoms with Crippen molar-refractivity contribution in [3.8, 4) is 17.2 Å². The van der Waals surface area contributed by atoms with E-state index >= 15 is 0 Å². The molecule has 1 aliphatic rings. The molecule has 5 rings (SSSR count). The van der Waals surface area contributed by atoms with Crippen LogP contribution in [0.2, 0.25) is 10.0 Å². The van der Waals surface area contributed by atoms with Crippen molar-refractivity contribution in [2.24, 2.45) is 4.99 Å². The summed E-state index contributed by atoms with van der Waals surface area (Å²) in [4.78, 5) is 32.2. The van der Waals surface area contributed by atoms with Crippen LogP contribution in [0.1, 0.15) is 43.5 Å². The molecule has 3 aromatic carbocycles. The van der Waals surface area contributed by atoms with Crippen molar-refractivity contribution in [2.45, 2.75) is 33.4 Å². The first kappa shape index (κ1) is 31.4. The first-order valence-electron chi connectivity index (χ1n) is 13.9. The van der Waals surface area contributed by atoms with E-state index in [1.807, 2.05) is 37.3 Å². The van der Waals surface area contributed by atoms with E-state index in [0.29, 0.717) is 54.5 Å². The highest BCUT2D eigenvalue weighted by Gasteiger charge is 2.33. The Labute approximate surface area is 268 Å². The number of nitrogens with zero attached hydrogens (tertiary/aromatic N) is 2. The Morgan fingerprint density at radius 1 is 1.00 bits per heavy atom. The molecule has 8 nitrogen and oxygen atoms in total. The lowest BCUT2D eigenvalue weighted by Gasteiger charge is -2.24. The third-order valence-corrected chi connectivity index (χ3v) is 8.48. The molecule has 0 radical (unpaired) electrons. The highest BCUT2D eigenvalue weighted by molar-refractivity contribution is 7.07. The quantitative estimate of drug-likeness (QED) is 0.193. The summed E-state index contributed by atoms with van der Waals surface area (Å²) in [7, 11) is 1.58. The summed E-state index contributed by atoms with van der Waals surface area (Å²) < 4.78 is 24.6. The number of halogens is 2. The predicted octanol–water partition coefficient (Wildman–Crippen LogP) is 6.09. The second kappa shape index (κ2) is 13.7. The molecule has 0 bridgehead atoms. The Morgan fingerprint density at radius 3 is 2.45 bits per heavy atom. The average molecular weight is 654 g/mol. The van der Waals surface area contributed by atoms with Crippen molar-refractivity contribution in [2.75, 3.05) is 20.3 Å². The lowest BCUT2D eigenvalue weighted by Crippen LogP contribution is -2.39. The minimum Gasteiger partial charge on any atom is -0.497 e. The van der Waals surface area contributed by atoms with E-state index in [-0.39, 0.29) is 18.8 Å². The van der Waals surface area contributed by atoms with Gasteiger partial charge in [0.2, 0.25) is 0 Å². The summed E-state index contributed by atoms with van der Waals surface area (Å²) in [5, 5.41) is 1.06. The zero-order valence-electron chi connectivity index (χ0n) is 24.6. The fraction of sp³-hybridized carbons (Fsp3) is 0.242. The van der Waals surface area contributed by atoms with Gasteiger partial charge in [-0.05, 0) is 74.4 Å². The van der Waals surface area contributed by atoms with Gasteiger partial charge < -0.3 is 18.9 Å². The van der Waals surface area contributed by atoms with Crippen LogP contribution in [-0.4, -0.2) is 30.9 Å². The Balaban J connectivity index is 1.54. The second-order valence-corrected chi connectivity index (χ2v) is 11.6. The number of ether oxygens (including phenoxy) is 4. The van der Waals surface area contributed by atoms with Gasteiger partial charge in [-0.1, -0.05) is 58.8 Å². The predicted molar refractivity (Wildman–Crippen MR) is 172 cm³/mol. The van der Waals surface area contributed by atoms with Crippen LogP contribution < -0.4 is 29.1 Å². The molecule has 44 heavy (non-hydrogen) atoms. The molecule has 2 heterocycles. The Morgan fingerprint density at radius 2 is 1.77 bits per heavy atom. The molecule has 0 amide bonds. The maximum atomic E-state index is 14.0. The first-order chi connectivity index (χ1) is 21.2. The van der Waals surface area contributed by atoms with Crippen molar-refractivity contribution in [3.63, 3.8) is 0 Å². The topological polar surface area (TPSA) is 88.4 Å². The zero-order valence-corrected chi connectivity index (χ0v) is 26.9. The summed E-state index contributed by atoms with van der Waals surface area (Å²) in [6, 6.07) is 17.2. The first-order valence-corrected chi connectivity index (χ1v) is 15.5. The molecule has 0 fully saturated rings. The number of thiazole rings is 1. The molecule has 1 atom stereocenters. The number of carbonyl (C=O) groups is 1. The lowest BCUT2D eigenvalue weighted by molar-refractivity contribution is -0.139. The molecular weight excluding hydrogens is 623 g/mol. The monoisotopic (exact) mass is 652 g/mol. The van der Waals surface area contributed by atoms with Crippen LogP contribution in [0.25, 0.3) is 6.08 Å². The minimum absolute atomic E-state index is 0.198. The van der Waals surface area contributed by atoms with E-state index in [1.165, 1.54) is 11.3 Å². The summed E-state index contributed by atoms with van der Waals surface area (Å²) >= 11 is 13.6. The van der Waals surface area contributed by atoms with Gasteiger partial charge in [-0.2, -0.15) is 0 Å². The van der Waals surface area contributed by atoms with Gasteiger partial charge in [0, 0.05) is 15.6 Å². The third-order valence-electron chi connectivity index (χ3n) is 6.91. The van der Waals surface area contributed by atoms with Crippen molar-refractivity contribution in [1.29, 1.82) is 0 Å². The average Bonchev–Trinajstić information content (AvgIpc) is 3.30. The number of allylic oxidation sites excluding steroid dienone is 1. The van der Waals surface area contributed by atoms with E-state index in [2.05, 4.69) is 4.99 Å². The molecule has 0 spiro atoms. The number of benzene rings is 3. The van der Waals surface area contributed by atoms with Crippen LogP contribution >= 0.6 is 34.5 Å². The van der Waals surface area contributed by atoms with Gasteiger partial charge in [0.05, 0.1) is 42.2 Å². The molecule has 1 aromatic heterocycles. The van der Waals surface area contributed by atoms with E-state index < -0.39 is 12.0 Å². The third kappa shape index (κ3) is 6.55. The summed E-state index contributed by atoms with van der Waals surface area (Å²) in [6.07, 6.45) is 1.78. The van der Waals surface area contributed by atoms with Gasteiger partial charge >= 0.3 is 5.97 Å². The second-order valence-electron chi connectivity index (χ2n) is 9.74. The Hall–Kier alpha value is -4.05. The standard InChI is InChI=1S/C33H30Cl2N2O6S/c1-5-41-27-15-20(7-14-26(27)43-18-22-8-11-23(34)17-25(22)35)16-28-31(38)37-30(21-9-12-24(40-4)13-10-21)29(32(39)42-6-2)19(3)36-33(37)44-28/h7-17,30H,5-6,18H2,1-4H3/b28-16-/t30-/m0/s1. The smallest absolute Gasteiger partial charge is 0.338 e. The molecule has 1 aliphatic heterocycles. The van der Waals surface area contributed by atoms with E-state index in [4.69, 9.17) is 42.1 Å². The number of hydrogen-bond acceptors (Lipinski definition) is 8. The van der Waals surface area contributed by atoms with Crippen molar-refractivity contribution in [3.05, 3.63) is 118 Å². The van der Waals surface area contributed by atoms with Crippen LogP contribution in [0.4, 0.5) is 0 Å². The molecule has 4 aromatic rings. The van der Waals surface area contributed by atoms with E-state index in [0.717, 1.165) is 16.7 Å². The highest BCUT2D eigenvalue weighted by Crippen LogP contribution is 2.33. The molecule has 0 aliphatic carbocycles. The normalized spacial score (nSPS) is 14.6. The number of carbonyl (C=O) groups excluding carboxylic acids is 1. The lowest BCUT2D eigenvalue weighted by atomic mass is 9.96. The van der Waals surface area contributed by atoms with E-state index in [1.54, 1.807) is 61.9 Å². The highest BCUT2D eigenvalue weighted by atomic mass is 35.5. The van der Waals surface area contributed by atoms with Crippen molar-refractivity contribution >= 4 is 46.6 Å². The number of rotatable bonds is 10. The number of esters is 1. The van der Waals surface area contributed by atoms with Crippen molar-refractivity contribution in [1.82, 2.24) is 4.57 Å². The van der Waals surface area contributed by atoms with Crippen LogP contribution in [0.5, 0.6) is 17.2 Å². The minimum atomic E-state index is -0.715. The van der Waals surface area contributed by atoms with Gasteiger partial charge in [-0.15, -0.1) is 0 Å². The summed E-state index contributed by atoms with van der Waals surface area (Å²) in [6.45, 7) is 6.22. The number of fused-ring (bicyclic) bond motifs is 1. The van der Waals surface area contributed by atoms with Gasteiger partial charge in [0.25, 0.3) is 5.56 Å².